The molecule has 2 fully saturated rings. The van der Waals surface area contributed by atoms with Crippen molar-refractivity contribution in [3.63, 3.8) is 0 Å². The van der Waals surface area contributed by atoms with Crippen molar-refractivity contribution < 1.29 is 28.9 Å². The zero-order valence-electron chi connectivity index (χ0n) is 27.0. The lowest BCUT2D eigenvalue weighted by molar-refractivity contribution is -0.121. The second kappa shape index (κ2) is 14.0. The summed E-state index contributed by atoms with van der Waals surface area (Å²) in [5, 5.41) is 10.8. The van der Waals surface area contributed by atoms with Crippen LogP contribution in [0.25, 0.3) is 22.2 Å². The van der Waals surface area contributed by atoms with E-state index in [-0.39, 0.29) is 12.5 Å². The van der Waals surface area contributed by atoms with E-state index in [1.807, 2.05) is 37.4 Å². The van der Waals surface area contributed by atoms with Gasteiger partial charge in [-0.15, -0.1) is 0 Å². The van der Waals surface area contributed by atoms with Gasteiger partial charge in [-0.05, 0) is 84.5 Å². The zero-order valence-corrected chi connectivity index (χ0v) is 27.0. The summed E-state index contributed by atoms with van der Waals surface area (Å²) in [4.78, 5) is 28.2. The molecule has 2 aliphatic rings. The molecule has 1 amide bonds. The molecule has 0 unspecified atom stereocenters. The number of benzene rings is 3. The molecule has 1 saturated carbocycles. The minimum absolute atomic E-state index is 0.0137. The van der Waals surface area contributed by atoms with E-state index in [4.69, 9.17) is 14.2 Å². The number of morpholine rings is 1. The van der Waals surface area contributed by atoms with Gasteiger partial charge < -0.3 is 33.7 Å². The van der Waals surface area contributed by atoms with Crippen LogP contribution in [0.15, 0.2) is 60.7 Å². The summed E-state index contributed by atoms with van der Waals surface area (Å²) < 4.78 is 19.2. The molecule has 0 bridgehead atoms. The molecule has 242 valence electrons. The highest BCUT2D eigenvalue weighted by atomic mass is 16.5. The quantitative estimate of drug-likeness (QED) is 0.212. The summed E-state index contributed by atoms with van der Waals surface area (Å²) >= 11 is 0. The maximum Gasteiger partial charge on any atom is 0.335 e. The fourth-order valence-corrected chi connectivity index (χ4v) is 7.00. The first-order valence-corrected chi connectivity index (χ1v) is 16.2. The third-order valence-electron chi connectivity index (χ3n) is 9.47. The number of fused-ring (bicyclic) bond motifs is 1. The maximum atomic E-state index is 12.5. The van der Waals surface area contributed by atoms with E-state index < -0.39 is 5.97 Å². The number of carbonyl (C=O) groups excluding carboxylic acids is 1. The van der Waals surface area contributed by atoms with Crippen molar-refractivity contribution in [1.82, 2.24) is 4.57 Å². The minimum atomic E-state index is -0.916. The van der Waals surface area contributed by atoms with Crippen molar-refractivity contribution in [2.45, 2.75) is 44.6 Å². The van der Waals surface area contributed by atoms with Gasteiger partial charge in [0.05, 0.1) is 24.5 Å². The van der Waals surface area contributed by atoms with Crippen LogP contribution in [0.3, 0.4) is 0 Å². The maximum absolute atomic E-state index is 12.5. The first-order valence-electron chi connectivity index (χ1n) is 16.2. The Balaban J connectivity index is 1.29. The average Bonchev–Trinajstić information content (AvgIpc) is 3.39. The normalized spacial score (nSPS) is 15.7. The number of nitrogens with zero attached hydrogens (tertiary/aromatic N) is 3. The van der Waals surface area contributed by atoms with E-state index in [0.717, 1.165) is 70.8 Å². The second-order valence-corrected chi connectivity index (χ2v) is 12.3. The third kappa shape index (κ3) is 6.48. The molecule has 1 aliphatic heterocycles. The highest BCUT2D eigenvalue weighted by Crippen LogP contribution is 2.44. The Morgan fingerprint density at radius 1 is 0.978 bits per heavy atom. The van der Waals surface area contributed by atoms with Gasteiger partial charge in [0, 0.05) is 62.1 Å². The van der Waals surface area contributed by atoms with Gasteiger partial charge in [-0.25, -0.2) is 4.79 Å². The second-order valence-electron chi connectivity index (χ2n) is 12.3. The number of aromatic carboxylic acids is 1. The smallest absolute Gasteiger partial charge is 0.335 e. The number of methoxy groups -OCH3 is 1. The molecule has 0 spiro atoms. The van der Waals surface area contributed by atoms with E-state index in [0.29, 0.717) is 31.3 Å². The number of rotatable bonds is 10. The predicted molar refractivity (Wildman–Crippen MR) is 180 cm³/mol. The van der Waals surface area contributed by atoms with E-state index in [9.17, 15) is 14.7 Å². The van der Waals surface area contributed by atoms with Crippen molar-refractivity contribution in [3.05, 3.63) is 77.4 Å². The Labute approximate surface area is 270 Å². The average molecular weight is 626 g/mol. The van der Waals surface area contributed by atoms with Crippen LogP contribution in [-0.2, 0) is 27.9 Å². The first-order chi connectivity index (χ1) is 22.4. The van der Waals surface area contributed by atoms with Crippen LogP contribution in [0.5, 0.6) is 5.75 Å². The van der Waals surface area contributed by atoms with Crippen LogP contribution in [0.4, 0.5) is 11.4 Å². The molecular weight excluding hydrogens is 582 g/mol. The number of hydrogen-bond donors (Lipinski definition) is 1. The van der Waals surface area contributed by atoms with Crippen molar-refractivity contribution >= 4 is 34.2 Å². The van der Waals surface area contributed by atoms with Crippen LogP contribution in [0.2, 0.25) is 0 Å². The molecule has 1 saturated heterocycles. The van der Waals surface area contributed by atoms with Gasteiger partial charge in [0.1, 0.15) is 19.0 Å². The van der Waals surface area contributed by atoms with E-state index >= 15 is 0 Å². The van der Waals surface area contributed by atoms with Gasteiger partial charge >= 0.3 is 5.97 Å². The topological polar surface area (TPSA) is 93.5 Å². The van der Waals surface area contributed by atoms with Crippen LogP contribution in [0.1, 0.15) is 59.5 Å². The molecule has 1 N–H and O–H groups in total. The lowest BCUT2D eigenvalue weighted by atomic mass is 9.82. The fourth-order valence-electron chi connectivity index (χ4n) is 7.00. The summed E-state index contributed by atoms with van der Waals surface area (Å²) in [5.74, 6) is 0.154. The van der Waals surface area contributed by atoms with E-state index in [1.54, 1.807) is 24.1 Å². The highest BCUT2D eigenvalue weighted by molar-refractivity contribution is 5.98. The molecule has 46 heavy (non-hydrogen) atoms. The number of amides is 1. The molecule has 0 atom stereocenters. The lowest BCUT2D eigenvalue weighted by Gasteiger charge is -2.31. The summed E-state index contributed by atoms with van der Waals surface area (Å²) in [6.45, 7) is 3.28. The van der Waals surface area contributed by atoms with E-state index in [2.05, 4.69) is 27.7 Å². The minimum Gasteiger partial charge on any atom is -0.489 e. The SMILES string of the molecule is COCC(=O)N(C)c1ccc(N2CCOCC2)c(COc2ccc(-c3c(C4CCCCC4)c4ccc(C(=O)O)cc4n3C)cc2)c1. The van der Waals surface area contributed by atoms with Crippen LogP contribution in [0, 0.1) is 0 Å². The van der Waals surface area contributed by atoms with Crippen molar-refractivity contribution in [2.24, 2.45) is 7.05 Å². The molecule has 4 aromatic rings. The molecular formula is C37H43N3O6. The predicted octanol–water partition coefficient (Wildman–Crippen LogP) is 6.62. The molecule has 9 heteroatoms. The van der Waals surface area contributed by atoms with Crippen LogP contribution < -0.4 is 14.5 Å². The summed E-state index contributed by atoms with van der Waals surface area (Å²) in [6, 6.07) is 19.8. The van der Waals surface area contributed by atoms with E-state index in [1.165, 1.54) is 31.9 Å². The number of likely N-dealkylation sites (N-methyl/N-ethyl adjacent to an activating group) is 1. The number of carbonyl (C=O) groups is 2. The number of hydrogen-bond acceptors (Lipinski definition) is 6. The monoisotopic (exact) mass is 625 g/mol. The molecule has 1 aliphatic carbocycles. The Morgan fingerprint density at radius 2 is 1.72 bits per heavy atom. The van der Waals surface area contributed by atoms with Gasteiger partial charge in [-0.1, -0.05) is 25.3 Å². The fraction of sp³-hybridized carbons (Fsp3) is 0.405. The highest BCUT2D eigenvalue weighted by Gasteiger charge is 2.26. The van der Waals surface area contributed by atoms with Crippen molar-refractivity contribution in [1.29, 1.82) is 0 Å². The molecule has 9 nitrogen and oxygen atoms in total. The lowest BCUT2D eigenvalue weighted by Crippen LogP contribution is -2.37. The standard InChI is InChI=1S/C37H43N3O6/c1-38(34(41)24-44-3)29-12-16-32(40-17-19-45-20-18-40)28(21-29)23-46-30-13-9-26(10-14-30)36-35(25-7-5-4-6-8-25)31-15-11-27(37(42)43)22-33(31)39(36)2/h9-16,21-22,25H,4-8,17-20,23-24H2,1-3H3,(H,42,43). The van der Waals surface area contributed by atoms with Crippen molar-refractivity contribution in [2.75, 3.05) is 56.9 Å². The Morgan fingerprint density at radius 3 is 2.41 bits per heavy atom. The number of aryl methyl sites for hydroxylation is 1. The number of aromatic nitrogens is 1. The van der Waals surface area contributed by atoms with Gasteiger partial charge in [0.15, 0.2) is 0 Å². The number of carboxylic acid groups (broad SMARTS) is 1. The zero-order chi connectivity index (χ0) is 32.2. The number of anilines is 2. The Hall–Kier alpha value is -4.34. The largest absolute Gasteiger partial charge is 0.489 e. The van der Waals surface area contributed by atoms with Crippen molar-refractivity contribution in [3.8, 4) is 17.0 Å². The summed E-state index contributed by atoms with van der Waals surface area (Å²) in [5.41, 5.74) is 7.63. The molecule has 6 rings (SSSR count). The first kappa shape index (κ1) is 31.6. The Kier molecular flexibility index (Phi) is 9.61. The van der Waals surface area contributed by atoms with Gasteiger partial charge in [0.2, 0.25) is 0 Å². The summed E-state index contributed by atoms with van der Waals surface area (Å²) in [6.07, 6.45) is 5.98. The third-order valence-corrected chi connectivity index (χ3v) is 9.47. The molecule has 2 heterocycles. The van der Waals surface area contributed by atoms with Gasteiger partial charge in [-0.2, -0.15) is 0 Å². The van der Waals surface area contributed by atoms with Gasteiger partial charge in [0.25, 0.3) is 5.91 Å². The number of carboxylic acids is 1. The van der Waals surface area contributed by atoms with Gasteiger partial charge in [-0.3, -0.25) is 4.79 Å². The number of ether oxygens (including phenoxy) is 3. The van der Waals surface area contributed by atoms with Crippen LogP contribution in [-0.4, -0.2) is 68.6 Å². The van der Waals surface area contributed by atoms with Crippen LogP contribution >= 0.6 is 0 Å². The molecule has 0 radical (unpaired) electrons. The Bertz CT molecular complexity index is 1700. The molecule has 1 aromatic heterocycles. The molecule has 3 aromatic carbocycles. The summed E-state index contributed by atoms with van der Waals surface area (Å²) in [7, 11) is 5.31.